The van der Waals surface area contributed by atoms with Crippen LogP contribution in [-0.4, -0.2) is 54.1 Å². The number of rotatable bonds is 3. The van der Waals surface area contributed by atoms with Gasteiger partial charge >= 0.3 is 6.09 Å². The third-order valence-electron chi connectivity index (χ3n) is 5.23. The minimum absolute atomic E-state index is 0.0833. The third-order valence-corrected chi connectivity index (χ3v) is 5.23. The fraction of sp³-hybridized carbons (Fsp3) is 0.333. The molecule has 0 bridgehead atoms. The van der Waals surface area contributed by atoms with Gasteiger partial charge in [0.25, 0.3) is 0 Å². The summed E-state index contributed by atoms with van der Waals surface area (Å²) < 4.78 is 5.51. The van der Waals surface area contributed by atoms with Crippen LogP contribution in [0.5, 0.6) is 0 Å². The van der Waals surface area contributed by atoms with Crippen LogP contribution in [0.2, 0.25) is 0 Å². The standard InChI is InChI=1S/C21H22N2O3/c1-22-14-21(26-20(22)25)11-12-23(15-21)19(24)13-16-7-9-18(10-8-16)17-5-3-2-4-6-17/h2-10H,11-15H2,1H3. The van der Waals surface area contributed by atoms with Gasteiger partial charge in [-0.05, 0) is 16.7 Å². The van der Waals surface area contributed by atoms with Crippen molar-refractivity contribution in [2.75, 3.05) is 26.7 Å². The van der Waals surface area contributed by atoms with Crippen molar-refractivity contribution >= 4 is 12.0 Å². The Morgan fingerprint density at radius 3 is 2.38 bits per heavy atom. The van der Waals surface area contributed by atoms with E-state index in [4.69, 9.17) is 4.74 Å². The maximum absolute atomic E-state index is 12.6. The lowest BCUT2D eigenvalue weighted by Gasteiger charge is -2.21. The lowest BCUT2D eigenvalue weighted by molar-refractivity contribution is -0.130. The molecule has 2 aromatic carbocycles. The molecule has 2 amide bonds. The number of benzene rings is 2. The Bertz CT molecular complexity index is 819. The normalized spacial score (nSPS) is 22.1. The molecule has 1 unspecified atom stereocenters. The molecular weight excluding hydrogens is 328 g/mol. The first kappa shape index (κ1) is 16.6. The number of carbonyl (C=O) groups excluding carboxylic acids is 2. The summed E-state index contributed by atoms with van der Waals surface area (Å²) in [7, 11) is 1.73. The molecule has 0 aliphatic carbocycles. The second-order valence-electron chi connectivity index (χ2n) is 7.21. The van der Waals surface area contributed by atoms with Crippen molar-refractivity contribution in [2.24, 2.45) is 0 Å². The number of likely N-dealkylation sites (tertiary alicyclic amines) is 1. The summed E-state index contributed by atoms with van der Waals surface area (Å²) in [5.74, 6) is 0.0833. The highest BCUT2D eigenvalue weighted by molar-refractivity contribution is 5.80. The van der Waals surface area contributed by atoms with Gasteiger partial charge in [-0.1, -0.05) is 54.6 Å². The molecule has 2 saturated heterocycles. The van der Waals surface area contributed by atoms with E-state index in [1.54, 1.807) is 11.9 Å². The topological polar surface area (TPSA) is 49.9 Å². The van der Waals surface area contributed by atoms with Crippen LogP contribution >= 0.6 is 0 Å². The van der Waals surface area contributed by atoms with Crippen LogP contribution < -0.4 is 0 Å². The predicted molar refractivity (Wildman–Crippen MR) is 98.6 cm³/mol. The fourth-order valence-corrected chi connectivity index (χ4v) is 3.79. The summed E-state index contributed by atoms with van der Waals surface area (Å²) in [6.45, 7) is 1.69. The zero-order valence-corrected chi connectivity index (χ0v) is 14.9. The van der Waals surface area contributed by atoms with Crippen LogP contribution in [0.4, 0.5) is 4.79 Å². The van der Waals surface area contributed by atoms with E-state index in [0.29, 0.717) is 32.5 Å². The number of ether oxygens (including phenoxy) is 1. The molecule has 0 radical (unpaired) electrons. The SMILES string of the molecule is CN1CC2(CCN(C(=O)Cc3ccc(-c4ccccc4)cc3)C2)OC1=O. The largest absolute Gasteiger partial charge is 0.439 e. The van der Waals surface area contributed by atoms with E-state index < -0.39 is 5.60 Å². The monoisotopic (exact) mass is 350 g/mol. The molecule has 2 heterocycles. The number of carbonyl (C=O) groups is 2. The van der Waals surface area contributed by atoms with E-state index >= 15 is 0 Å². The number of hydrogen-bond donors (Lipinski definition) is 0. The molecule has 0 aromatic heterocycles. The minimum Gasteiger partial charge on any atom is -0.439 e. The van der Waals surface area contributed by atoms with Gasteiger partial charge in [0.15, 0.2) is 5.60 Å². The second kappa shape index (κ2) is 6.48. The van der Waals surface area contributed by atoms with E-state index in [9.17, 15) is 9.59 Å². The Kier molecular flexibility index (Phi) is 4.15. The van der Waals surface area contributed by atoms with E-state index in [0.717, 1.165) is 11.1 Å². The highest BCUT2D eigenvalue weighted by Crippen LogP contribution is 2.32. The zero-order chi connectivity index (χ0) is 18.1. The van der Waals surface area contributed by atoms with Crippen LogP contribution in [-0.2, 0) is 16.0 Å². The summed E-state index contributed by atoms with van der Waals surface area (Å²) in [6.07, 6.45) is 0.785. The van der Waals surface area contributed by atoms with Crippen LogP contribution in [0, 0.1) is 0 Å². The van der Waals surface area contributed by atoms with E-state index in [-0.39, 0.29) is 12.0 Å². The van der Waals surface area contributed by atoms with Crippen LogP contribution in [0.3, 0.4) is 0 Å². The van der Waals surface area contributed by atoms with Crippen molar-refractivity contribution in [2.45, 2.75) is 18.4 Å². The molecule has 4 rings (SSSR count). The van der Waals surface area contributed by atoms with Gasteiger partial charge in [-0.25, -0.2) is 4.79 Å². The first-order valence-corrected chi connectivity index (χ1v) is 8.91. The molecule has 2 aliphatic rings. The molecule has 0 N–H and O–H groups in total. The van der Waals surface area contributed by atoms with Crippen LogP contribution in [0.25, 0.3) is 11.1 Å². The predicted octanol–water partition coefficient (Wildman–Crippen LogP) is 2.95. The Morgan fingerprint density at radius 1 is 1.04 bits per heavy atom. The van der Waals surface area contributed by atoms with Crippen molar-refractivity contribution in [3.63, 3.8) is 0 Å². The summed E-state index contributed by atoms with van der Waals surface area (Å²) in [5.41, 5.74) is 2.79. The van der Waals surface area contributed by atoms with Gasteiger partial charge in [-0.3, -0.25) is 4.79 Å². The average Bonchev–Trinajstić information content (AvgIpc) is 3.19. The van der Waals surface area contributed by atoms with Gasteiger partial charge in [0.05, 0.1) is 19.5 Å². The molecular formula is C21H22N2O3. The van der Waals surface area contributed by atoms with Gasteiger partial charge < -0.3 is 14.5 Å². The molecule has 0 saturated carbocycles. The Hall–Kier alpha value is -2.82. The lowest BCUT2D eigenvalue weighted by Crippen LogP contribution is -2.39. The molecule has 2 aromatic rings. The van der Waals surface area contributed by atoms with Gasteiger partial charge in [0.1, 0.15) is 0 Å². The van der Waals surface area contributed by atoms with Gasteiger partial charge in [0, 0.05) is 20.0 Å². The van der Waals surface area contributed by atoms with Crippen molar-refractivity contribution in [3.8, 4) is 11.1 Å². The van der Waals surface area contributed by atoms with Crippen molar-refractivity contribution < 1.29 is 14.3 Å². The van der Waals surface area contributed by atoms with E-state index in [1.165, 1.54) is 5.56 Å². The third kappa shape index (κ3) is 3.17. The molecule has 5 heteroatoms. The van der Waals surface area contributed by atoms with Crippen molar-refractivity contribution in [1.82, 2.24) is 9.80 Å². The van der Waals surface area contributed by atoms with Gasteiger partial charge in [-0.2, -0.15) is 0 Å². The number of likely N-dealkylation sites (N-methyl/N-ethyl adjacent to an activating group) is 1. The average molecular weight is 350 g/mol. The summed E-state index contributed by atoms with van der Waals surface area (Å²) in [5, 5.41) is 0. The Labute approximate surface area is 153 Å². The lowest BCUT2D eigenvalue weighted by atomic mass is 10.0. The van der Waals surface area contributed by atoms with Crippen LogP contribution in [0.15, 0.2) is 54.6 Å². The summed E-state index contributed by atoms with van der Waals surface area (Å²) >= 11 is 0. The molecule has 134 valence electrons. The molecule has 1 spiro atoms. The zero-order valence-electron chi connectivity index (χ0n) is 14.9. The molecule has 2 fully saturated rings. The van der Waals surface area contributed by atoms with Gasteiger partial charge in [0.2, 0.25) is 5.91 Å². The molecule has 2 aliphatic heterocycles. The Balaban J connectivity index is 1.39. The van der Waals surface area contributed by atoms with Gasteiger partial charge in [-0.15, -0.1) is 0 Å². The molecule has 26 heavy (non-hydrogen) atoms. The first-order valence-electron chi connectivity index (χ1n) is 8.91. The van der Waals surface area contributed by atoms with Crippen molar-refractivity contribution in [1.29, 1.82) is 0 Å². The maximum atomic E-state index is 12.6. The first-order chi connectivity index (χ1) is 12.5. The van der Waals surface area contributed by atoms with E-state index in [1.807, 2.05) is 35.2 Å². The Morgan fingerprint density at radius 2 is 1.73 bits per heavy atom. The highest BCUT2D eigenvalue weighted by atomic mass is 16.6. The highest BCUT2D eigenvalue weighted by Gasteiger charge is 2.49. The summed E-state index contributed by atoms with van der Waals surface area (Å²) in [4.78, 5) is 27.7. The van der Waals surface area contributed by atoms with Crippen LogP contribution in [0.1, 0.15) is 12.0 Å². The summed E-state index contributed by atoms with van der Waals surface area (Å²) in [6, 6.07) is 18.3. The van der Waals surface area contributed by atoms with Crippen molar-refractivity contribution in [3.05, 3.63) is 60.2 Å². The quantitative estimate of drug-likeness (QED) is 0.855. The fourth-order valence-electron chi connectivity index (χ4n) is 3.79. The smallest absolute Gasteiger partial charge is 0.410 e. The number of hydrogen-bond acceptors (Lipinski definition) is 3. The van der Waals surface area contributed by atoms with E-state index in [2.05, 4.69) is 24.3 Å². The number of nitrogens with zero attached hydrogens (tertiary/aromatic N) is 2. The molecule has 5 nitrogen and oxygen atoms in total. The number of amides is 2. The second-order valence-corrected chi connectivity index (χ2v) is 7.21. The maximum Gasteiger partial charge on any atom is 0.410 e. The minimum atomic E-state index is -0.515. The molecule has 1 atom stereocenters.